The van der Waals surface area contributed by atoms with Crippen molar-refractivity contribution in [3.63, 3.8) is 0 Å². The van der Waals surface area contributed by atoms with Gasteiger partial charge in [-0.25, -0.2) is 9.37 Å². The van der Waals surface area contributed by atoms with Crippen LogP contribution in [0.5, 0.6) is 0 Å². The highest BCUT2D eigenvalue weighted by molar-refractivity contribution is 5.43. The van der Waals surface area contributed by atoms with Crippen LogP contribution in [0.3, 0.4) is 0 Å². The van der Waals surface area contributed by atoms with E-state index >= 15 is 0 Å². The average Bonchev–Trinajstić information content (AvgIpc) is 2.31. The Labute approximate surface area is 94.3 Å². The zero-order valence-corrected chi connectivity index (χ0v) is 9.36. The molecule has 1 aromatic rings. The lowest BCUT2D eigenvalue weighted by Gasteiger charge is -2.33. The van der Waals surface area contributed by atoms with E-state index in [1.807, 2.05) is 11.9 Å². The van der Waals surface area contributed by atoms with Crippen LogP contribution in [0.4, 0.5) is 10.2 Å². The second kappa shape index (κ2) is 4.76. The smallest absolute Gasteiger partial charge is 0.171 e. The molecular weight excluding hydrogens is 209 g/mol. The van der Waals surface area contributed by atoms with Crippen molar-refractivity contribution in [1.29, 1.82) is 0 Å². The van der Waals surface area contributed by atoms with Gasteiger partial charge < -0.3 is 14.9 Å². The second-order valence-corrected chi connectivity index (χ2v) is 4.06. The van der Waals surface area contributed by atoms with E-state index in [1.54, 1.807) is 6.20 Å². The number of likely N-dealkylation sites (N-methyl/N-ethyl adjacent to an activating group) is 1. The quantitative estimate of drug-likeness (QED) is 0.794. The maximum absolute atomic E-state index is 13.9. The maximum Gasteiger partial charge on any atom is 0.171 e. The monoisotopic (exact) mass is 225 g/mol. The summed E-state index contributed by atoms with van der Waals surface area (Å²) in [6.07, 6.45) is 1.54. The molecule has 2 rings (SSSR count). The summed E-state index contributed by atoms with van der Waals surface area (Å²) in [6.45, 7) is 3.08. The molecule has 0 aromatic carbocycles. The van der Waals surface area contributed by atoms with E-state index < -0.39 is 5.82 Å². The summed E-state index contributed by atoms with van der Waals surface area (Å²) in [5.41, 5.74) is 0.309. The fourth-order valence-electron chi connectivity index (χ4n) is 1.83. The van der Waals surface area contributed by atoms with Crippen LogP contribution in [0.25, 0.3) is 0 Å². The van der Waals surface area contributed by atoms with Crippen LogP contribution in [0.1, 0.15) is 5.56 Å². The molecule has 0 unspecified atom stereocenters. The van der Waals surface area contributed by atoms with E-state index in [0.29, 0.717) is 11.4 Å². The molecule has 0 spiro atoms. The lowest BCUT2D eigenvalue weighted by atomic mass is 10.2. The Morgan fingerprint density at radius 1 is 1.38 bits per heavy atom. The van der Waals surface area contributed by atoms with Crippen molar-refractivity contribution >= 4 is 5.82 Å². The third-order valence-electron chi connectivity index (χ3n) is 2.92. The topological polar surface area (TPSA) is 39.6 Å². The van der Waals surface area contributed by atoms with Crippen LogP contribution in [0.2, 0.25) is 0 Å². The van der Waals surface area contributed by atoms with Gasteiger partial charge in [0, 0.05) is 37.9 Å². The Hall–Kier alpha value is -1.20. The Kier molecular flexibility index (Phi) is 3.36. The van der Waals surface area contributed by atoms with Crippen LogP contribution in [0.15, 0.2) is 12.3 Å². The first kappa shape index (κ1) is 11.3. The normalized spacial score (nSPS) is 17.8. The summed E-state index contributed by atoms with van der Waals surface area (Å²) < 4.78 is 13.9. The van der Waals surface area contributed by atoms with Crippen molar-refractivity contribution in [3.05, 3.63) is 23.6 Å². The van der Waals surface area contributed by atoms with Crippen molar-refractivity contribution in [2.45, 2.75) is 6.61 Å². The molecule has 0 amide bonds. The molecule has 88 valence electrons. The second-order valence-electron chi connectivity index (χ2n) is 4.06. The van der Waals surface area contributed by atoms with Crippen molar-refractivity contribution in [2.24, 2.45) is 0 Å². The number of anilines is 1. The molecule has 0 saturated carbocycles. The van der Waals surface area contributed by atoms with Crippen molar-refractivity contribution < 1.29 is 9.50 Å². The highest BCUT2D eigenvalue weighted by Gasteiger charge is 2.19. The number of aliphatic hydroxyl groups excluding tert-OH is 1. The van der Waals surface area contributed by atoms with Crippen molar-refractivity contribution in [1.82, 2.24) is 9.88 Å². The Morgan fingerprint density at radius 2 is 2.06 bits per heavy atom. The number of aliphatic hydroxyl groups is 1. The van der Waals surface area contributed by atoms with E-state index in [2.05, 4.69) is 9.88 Å². The Bertz CT molecular complexity index is 364. The van der Waals surface area contributed by atoms with Gasteiger partial charge in [0.1, 0.15) is 0 Å². The summed E-state index contributed by atoms with van der Waals surface area (Å²) in [7, 11) is 2.05. The first-order valence-corrected chi connectivity index (χ1v) is 5.40. The molecule has 0 radical (unpaired) electrons. The van der Waals surface area contributed by atoms with E-state index in [0.717, 1.165) is 26.2 Å². The first-order chi connectivity index (χ1) is 7.72. The minimum absolute atomic E-state index is 0.283. The lowest BCUT2D eigenvalue weighted by Crippen LogP contribution is -2.45. The Balaban J connectivity index is 2.20. The van der Waals surface area contributed by atoms with E-state index in [-0.39, 0.29) is 6.61 Å². The molecule has 5 heteroatoms. The molecule has 1 aliphatic heterocycles. The van der Waals surface area contributed by atoms with Crippen LogP contribution < -0.4 is 4.90 Å². The number of aromatic nitrogens is 1. The predicted octanol–water partition coefficient (Wildman–Crippen LogP) is 0.465. The predicted molar refractivity (Wildman–Crippen MR) is 59.8 cm³/mol. The molecule has 1 aliphatic rings. The van der Waals surface area contributed by atoms with Gasteiger partial charge in [-0.15, -0.1) is 0 Å². The highest BCUT2D eigenvalue weighted by atomic mass is 19.1. The zero-order valence-electron chi connectivity index (χ0n) is 9.36. The number of hydrogen-bond donors (Lipinski definition) is 1. The molecule has 16 heavy (non-hydrogen) atoms. The third-order valence-corrected chi connectivity index (χ3v) is 2.92. The highest BCUT2D eigenvalue weighted by Crippen LogP contribution is 2.20. The van der Waals surface area contributed by atoms with Crippen molar-refractivity contribution in [3.8, 4) is 0 Å². The number of hydrogen-bond acceptors (Lipinski definition) is 4. The average molecular weight is 225 g/mol. The standard InChI is InChI=1S/C11H16FN3O/c1-14-4-6-15(7-5-14)11-10(12)9(8-16)2-3-13-11/h2-3,16H,4-8H2,1H3. The third kappa shape index (κ3) is 2.15. The largest absolute Gasteiger partial charge is 0.392 e. The molecule has 1 aromatic heterocycles. The summed E-state index contributed by atoms with van der Waals surface area (Å²) >= 11 is 0. The fourth-order valence-corrected chi connectivity index (χ4v) is 1.83. The van der Waals surface area contributed by atoms with Gasteiger partial charge in [0.15, 0.2) is 11.6 Å². The fraction of sp³-hybridized carbons (Fsp3) is 0.545. The molecule has 0 aliphatic carbocycles. The van der Waals surface area contributed by atoms with E-state index in [9.17, 15) is 4.39 Å². The van der Waals surface area contributed by atoms with E-state index in [4.69, 9.17) is 5.11 Å². The van der Waals surface area contributed by atoms with Gasteiger partial charge in [-0.05, 0) is 13.1 Å². The van der Waals surface area contributed by atoms with Gasteiger partial charge in [-0.3, -0.25) is 0 Å². The molecule has 0 atom stereocenters. The SMILES string of the molecule is CN1CCN(c2nccc(CO)c2F)CC1. The zero-order chi connectivity index (χ0) is 11.5. The summed E-state index contributed by atoms with van der Waals surface area (Å²) in [4.78, 5) is 8.18. The van der Waals surface area contributed by atoms with Gasteiger partial charge >= 0.3 is 0 Å². The van der Waals surface area contributed by atoms with E-state index in [1.165, 1.54) is 6.07 Å². The van der Waals surface area contributed by atoms with Gasteiger partial charge in [0.25, 0.3) is 0 Å². The van der Waals surface area contributed by atoms with Crippen LogP contribution >= 0.6 is 0 Å². The Morgan fingerprint density at radius 3 is 2.69 bits per heavy atom. The molecule has 2 heterocycles. The summed E-state index contributed by atoms with van der Waals surface area (Å²) in [6, 6.07) is 1.51. The molecule has 1 N–H and O–H groups in total. The number of pyridine rings is 1. The minimum Gasteiger partial charge on any atom is -0.392 e. The number of rotatable bonds is 2. The molecule has 0 bridgehead atoms. The first-order valence-electron chi connectivity index (χ1n) is 5.40. The van der Waals surface area contributed by atoms with Gasteiger partial charge in [-0.2, -0.15) is 0 Å². The number of piperazine rings is 1. The molecule has 1 fully saturated rings. The minimum atomic E-state index is -0.394. The number of halogens is 1. The summed E-state index contributed by atoms with van der Waals surface area (Å²) in [5.74, 6) is -0.0331. The molecule has 1 saturated heterocycles. The van der Waals surface area contributed by atoms with Crippen LogP contribution in [-0.2, 0) is 6.61 Å². The molecular formula is C11H16FN3O. The van der Waals surface area contributed by atoms with Crippen LogP contribution in [-0.4, -0.2) is 48.2 Å². The van der Waals surface area contributed by atoms with Gasteiger partial charge in [0.2, 0.25) is 0 Å². The number of nitrogens with zero attached hydrogens (tertiary/aromatic N) is 3. The summed E-state index contributed by atoms with van der Waals surface area (Å²) in [5, 5.41) is 8.99. The van der Waals surface area contributed by atoms with Crippen LogP contribution in [0, 0.1) is 5.82 Å². The van der Waals surface area contributed by atoms with Gasteiger partial charge in [0.05, 0.1) is 6.61 Å². The lowest BCUT2D eigenvalue weighted by molar-refractivity contribution is 0.275. The van der Waals surface area contributed by atoms with Crippen molar-refractivity contribution in [2.75, 3.05) is 38.1 Å². The van der Waals surface area contributed by atoms with Gasteiger partial charge in [-0.1, -0.05) is 0 Å². The molecule has 4 nitrogen and oxygen atoms in total. The maximum atomic E-state index is 13.9.